The van der Waals surface area contributed by atoms with Crippen LogP contribution >= 0.6 is 11.3 Å². The minimum Gasteiger partial charge on any atom is -0.358 e. The standard InChI is InChI=1S/C21H24F6N2OS/c1-2-30-19(20(22,23)24,21(25,26)27)18(8-7-17-6-4-12-31-17)9-11-29(15-18)14-16-5-3-10-28-13-16/h3-6,10,12-13H,2,7-9,11,14-15H2,1H3/t18-/m1/s1. The predicted octanol–water partition coefficient (Wildman–Crippen LogP) is 5.87. The van der Waals surface area contributed by atoms with Gasteiger partial charge in [0.25, 0.3) is 5.60 Å². The Morgan fingerprint density at radius 3 is 2.42 bits per heavy atom. The maximum Gasteiger partial charge on any atom is 0.427 e. The second-order valence-corrected chi connectivity index (χ2v) is 8.82. The van der Waals surface area contributed by atoms with Crippen LogP contribution in [0.3, 0.4) is 0 Å². The van der Waals surface area contributed by atoms with Crippen molar-refractivity contribution in [3.63, 3.8) is 0 Å². The fraction of sp³-hybridized carbons (Fsp3) is 0.571. The molecule has 1 atom stereocenters. The van der Waals surface area contributed by atoms with Crippen molar-refractivity contribution in [2.45, 2.75) is 50.7 Å². The first-order valence-electron chi connectivity index (χ1n) is 9.96. The second-order valence-electron chi connectivity index (χ2n) is 7.79. The molecule has 0 bridgehead atoms. The summed E-state index contributed by atoms with van der Waals surface area (Å²) in [6.45, 7) is 0.447. The summed E-state index contributed by atoms with van der Waals surface area (Å²) in [4.78, 5) is 6.37. The Bertz CT molecular complexity index is 811. The van der Waals surface area contributed by atoms with E-state index in [9.17, 15) is 26.3 Å². The zero-order valence-electron chi connectivity index (χ0n) is 17.0. The highest BCUT2D eigenvalue weighted by Crippen LogP contribution is 2.60. The van der Waals surface area contributed by atoms with Crippen molar-refractivity contribution in [1.82, 2.24) is 9.88 Å². The molecule has 1 fully saturated rings. The Hall–Kier alpha value is -1.65. The van der Waals surface area contributed by atoms with Gasteiger partial charge < -0.3 is 4.74 Å². The third kappa shape index (κ3) is 4.61. The first-order chi connectivity index (χ1) is 14.5. The molecule has 1 aliphatic heterocycles. The zero-order valence-corrected chi connectivity index (χ0v) is 17.8. The number of thiophene rings is 1. The summed E-state index contributed by atoms with van der Waals surface area (Å²) in [5.41, 5.74) is -5.66. The first-order valence-corrected chi connectivity index (χ1v) is 10.8. The molecule has 0 N–H and O–H groups in total. The normalized spacial score (nSPS) is 21.0. The molecule has 0 unspecified atom stereocenters. The van der Waals surface area contributed by atoms with Crippen LogP contribution in [0.25, 0.3) is 0 Å². The Morgan fingerprint density at radius 2 is 1.87 bits per heavy atom. The van der Waals surface area contributed by atoms with Crippen LogP contribution in [0.5, 0.6) is 0 Å². The van der Waals surface area contributed by atoms with Gasteiger partial charge in [0.05, 0.1) is 0 Å². The van der Waals surface area contributed by atoms with Crippen LogP contribution in [0.4, 0.5) is 26.3 Å². The van der Waals surface area contributed by atoms with Crippen molar-refractivity contribution < 1.29 is 31.1 Å². The van der Waals surface area contributed by atoms with E-state index in [-0.39, 0.29) is 38.9 Å². The van der Waals surface area contributed by atoms with Crippen LogP contribution in [0, 0.1) is 5.41 Å². The Morgan fingerprint density at radius 1 is 1.13 bits per heavy atom. The third-order valence-corrected chi connectivity index (χ3v) is 6.83. The van der Waals surface area contributed by atoms with Gasteiger partial charge in [0, 0.05) is 42.4 Å². The number of aromatic nitrogens is 1. The van der Waals surface area contributed by atoms with E-state index in [1.165, 1.54) is 18.3 Å². The van der Waals surface area contributed by atoms with Gasteiger partial charge in [-0.3, -0.25) is 9.88 Å². The lowest BCUT2D eigenvalue weighted by molar-refractivity contribution is -0.414. The van der Waals surface area contributed by atoms with Crippen LogP contribution in [0.2, 0.25) is 0 Å². The zero-order chi connectivity index (χ0) is 22.8. The molecule has 1 saturated heterocycles. The van der Waals surface area contributed by atoms with Gasteiger partial charge in [-0.05, 0) is 55.8 Å². The van der Waals surface area contributed by atoms with Gasteiger partial charge in [0.2, 0.25) is 0 Å². The second kappa shape index (κ2) is 9.07. The molecule has 2 aromatic heterocycles. The highest BCUT2D eigenvalue weighted by Gasteiger charge is 2.81. The van der Waals surface area contributed by atoms with Crippen LogP contribution in [0.1, 0.15) is 30.2 Å². The highest BCUT2D eigenvalue weighted by molar-refractivity contribution is 7.09. The van der Waals surface area contributed by atoms with Crippen molar-refractivity contribution in [3.05, 3.63) is 52.5 Å². The SMILES string of the molecule is CCOC(C(F)(F)F)(C(F)(F)F)[C@]1(CCc2cccs2)CCN(Cc2cccnc2)C1. The number of likely N-dealkylation sites (tertiary alicyclic amines) is 1. The quantitative estimate of drug-likeness (QED) is 0.455. The van der Waals surface area contributed by atoms with Crippen LogP contribution in [0.15, 0.2) is 42.0 Å². The molecule has 3 nitrogen and oxygen atoms in total. The Kier molecular flexibility index (Phi) is 7.02. The molecule has 172 valence electrons. The number of aryl methyl sites for hydroxylation is 1. The van der Waals surface area contributed by atoms with Crippen LogP contribution < -0.4 is 0 Å². The molecule has 0 spiro atoms. The molecular weight excluding hydrogens is 442 g/mol. The van der Waals surface area contributed by atoms with Crippen molar-refractivity contribution in [2.24, 2.45) is 5.41 Å². The maximum atomic E-state index is 14.3. The topological polar surface area (TPSA) is 25.4 Å². The smallest absolute Gasteiger partial charge is 0.358 e. The number of pyridine rings is 1. The van der Waals surface area contributed by atoms with Gasteiger partial charge in [-0.1, -0.05) is 12.1 Å². The first kappa shape index (κ1) is 24.0. The number of nitrogens with zero attached hydrogens (tertiary/aromatic N) is 2. The average molecular weight is 466 g/mol. The Labute approximate surface area is 181 Å². The lowest BCUT2D eigenvalue weighted by atomic mass is 9.66. The van der Waals surface area contributed by atoms with E-state index in [4.69, 9.17) is 4.74 Å². The van der Waals surface area contributed by atoms with Gasteiger partial charge in [-0.15, -0.1) is 11.3 Å². The van der Waals surface area contributed by atoms with E-state index in [1.807, 2.05) is 0 Å². The summed E-state index contributed by atoms with van der Waals surface area (Å²) in [6.07, 6.45) is -8.52. The molecular formula is C21H24F6N2OS. The molecule has 3 heterocycles. The minimum absolute atomic E-state index is 0.111. The number of alkyl halides is 6. The third-order valence-electron chi connectivity index (χ3n) is 5.90. The van der Waals surface area contributed by atoms with E-state index in [0.29, 0.717) is 0 Å². The number of hydrogen-bond acceptors (Lipinski definition) is 4. The molecule has 0 aromatic carbocycles. The van der Waals surface area contributed by atoms with E-state index in [1.54, 1.807) is 46.9 Å². The number of ether oxygens (including phenoxy) is 1. The predicted molar refractivity (Wildman–Crippen MR) is 106 cm³/mol. The molecule has 2 aromatic rings. The summed E-state index contributed by atoms with van der Waals surface area (Å²) in [6, 6.07) is 6.90. The molecule has 1 aliphatic rings. The van der Waals surface area contributed by atoms with Crippen molar-refractivity contribution in [1.29, 1.82) is 0 Å². The molecule has 10 heteroatoms. The number of halogens is 6. The van der Waals surface area contributed by atoms with E-state index >= 15 is 0 Å². The lowest BCUT2D eigenvalue weighted by Gasteiger charge is -2.49. The van der Waals surface area contributed by atoms with Crippen molar-refractivity contribution in [3.8, 4) is 0 Å². The molecule has 0 radical (unpaired) electrons. The number of hydrogen-bond donors (Lipinski definition) is 0. The van der Waals surface area contributed by atoms with Gasteiger partial charge >= 0.3 is 12.4 Å². The highest BCUT2D eigenvalue weighted by atomic mass is 32.1. The van der Waals surface area contributed by atoms with Gasteiger partial charge in [0.1, 0.15) is 0 Å². The minimum atomic E-state index is -5.61. The molecule has 0 saturated carbocycles. The molecule has 0 amide bonds. The van der Waals surface area contributed by atoms with Crippen molar-refractivity contribution in [2.75, 3.05) is 19.7 Å². The summed E-state index contributed by atoms with van der Waals surface area (Å²) in [5.74, 6) is 0. The van der Waals surface area contributed by atoms with E-state index < -0.39 is 30.0 Å². The largest absolute Gasteiger partial charge is 0.427 e. The average Bonchev–Trinajstić information content (AvgIpc) is 3.34. The maximum absolute atomic E-state index is 14.3. The summed E-state index contributed by atoms with van der Waals surface area (Å²) >= 11 is 1.32. The van der Waals surface area contributed by atoms with Gasteiger partial charge in [-0.25, -0.2) is 0 Å². The summed E-state index contributed by atoms with van der Waals surface area (Å²) in [7, 11) is 0. The lowest BCUT2D eigenvalue weighted by Crippen LogP contribution is -2.69. The summed E-state index contributed by atoms with van der Waals surface area (Å²) in [5, 5.41) is 1.76. The van der Waals surface area contributed by atoms with Crippen molar-refractivity contribution >= 4 is 11.3 Å². The van der Waals surface area contributed by atoms with E-state index in [2.05, 4.69) is 4.98 Å². The van der Waals surface area contributed by atoms with E-state index in [0.717, 1.165) is 10.4 Å². The molecule has 3 rings (SSSR count). The van der Waals surface area contributed by atoms with Crippen LogP contribution in [-0.2, 0) is 17.7 Å². The fourth-order valence-electron chi connectivity index (χ4n) is 4.62. The van der Waals surface area contributed by atoms with Gasteiger partial charge in [-0.2, -0.15) is 26.3 Å². The molecule has 0 aliphatic carbocycles. The number of rotatable bonds is 8. The monoisotopic (exact) mass is 466 g/mol. The fourth-order valence-corrected chi connectivity index (χ4v) is 5.33. The summed E-state index contributed by atoms with van der Waals surface area (Å²) < 4.78 is 90.6. The van der Waals surface area contributed by atoms with Crippen LogP contribution in [-0.4, -0.2) is 47.5 Å². The van der Waals surface area contributed by atoms with Gasteiger partial charge in [0.15, 0.2) is 0 Å². The Balaban J connectivity index is 2.01. The molecule has 31 heavy (non-hydrogen) atoms.